The molecule has 0 aliphatic heterocycles. The van der Waals surface area contributed by atoms with E-state index < -0.39 is 0 Å². The second-order valence-corrected chi connectivity index (χ2v) is 2.95. The molecule has 0 aliphatic carbocycles. The fraction of sp³-hybridized carbons (Fsp3) is 0.538. The quantitative estimate of drug-likeness (QED) is 0.328. The predicted octanol–water partition coefficient (Wildman–Crippen LogP) is 3.54. The van der Waals surface area contributed by atoms with Crippen LogP contribution in [0.4, 0.5) is 0 Å². The minimum absolute atomic E-state index is 0.887. The van der Waals surface area contributed by atoms with Crippen LogP contribution in [0.5, 0.6) is 0 Å². The molecular formula is C13H18. The maximum atomic E-state index is 5.13. The van der Waals surface area contributed by atoms with E-state index in [1.165, 1.54) is 0 Å². The Morgan fingerprint density at radius 1 is 1.00 bits per heavy atom. The maximum absolute atomic E-state index is 5.13. The predicted molar refractivity (Wildman–Crippen MR) is 59.1 cm³/mol. The van der Waals surface area contributed by atoms with Gasteiger partial charge in [-0.2, -0.15) is 0 Å². The molecule has 0 spiro atoms. The molecule has 0 N–H and O–H groups in total. The fourth-order valence-corrected chi connectivity index (χ4v) is 0.952. The SMILES string of the molecule is C#CCCCCC#CCCCC=C. The lowest BCUT2D eigenvalue weighted by molar-refractivity contribution is 0.781. The van der Waals surface area contributed by atoms with Gasteiger partial charge in [0.2, 0.25) is 0 Å². The van der Waals surface area contributed by atoms with Gasteiger partial charge in [0.15, 0.2) is 0 Å². The highest BCUT2D eigenvalue weighted by molar-refractivity contribution is 4.99. The molecule has 0 atom stereocenters. The molecule has 13 heavy (non-hydrogen) atoms. The van der Waals surface area contributed by atoms with Crippen LogP contribution in [0.15, 0.2) is 12.7 Å². The average molecular weight is 174 g/mol. The summed E-state index contributed by atoms with van der Waals surface area (Å²) in [7, 11) is 0. The Morgan fingerprint density at radius 2 is 1.62 bits per heavy atom. The van der Waals surface area contributed by atoms with Crippen molar-refractivity contribution in [1.82, 2.24) is 0 Å². The summed E-state index contributed by atoms with van der Waals surface area (Å²) in [5.74, 6) is 8.93. The Kier molecular flexibility index (Phi) is 9.91. The minimum atomic E-state index is 0.887. The van der Waals surface area contributed by atoms with E-state index in [2.05, 4.69) is 24.3 Å². The molecule has 0 nitrogen and oxygen atoms in total. The molecule has 0 aromatic heterocycles. The van der Waals surface area contributed by atoms with E-state index in [-0.39, 0.29) is 0 Å². The van der Waals surface area contributed by atoms with Crippen LogP contribution in [-0.2, 0) is 0 Å². The van der Waals surface area contributed by atoms with Crippen molar-refractivity contribution in [3.05, 3.63) is 12.7 Å². The molecule has 0 fully saturated rings. The van der Waals surface area contributed by atoms with E-state index >= 15 is 0 Å². The number of hydrogen-bond donors (Lipinski definition) is 0. The normalized spacial score (nSPS) is 8.23. The lowest BCUT2D eigenvalue weighted by atomic mass is 10.2. The molecule has 0 rings (SSSR count). The van der Waals surface area contributed by atoms with E-state index in [9.17, 15) is 0 Å². The Morgan fingerprint density at radius 3 is 2.23 bits per heavy atom. The van der Waals surface area contributed by atoms with Gasteiger partial charge in [0.1, 0.15) is 0 Å². The van der Waals surface area contributed by atoms with Crippen LogP contribution in [0.2, 0.25) is 0 Å². The van der Waals surface area contributed by atoms with Crippen molar-refractivity contribution in [2.24, 2.45) is 0 Å². The number of hydrogen-bond acceptors (Lipinski definition) is 0. The van der Waals surface area contributed by atoms with Crippen molar-refractivity contribution in [3.8, 4) is 24.2 Å². The van der Waals surface area contributed by atoms with Gasteiger partial charge in [0.25, 0.3) is 0 Å². The standard InChI is InChI=1S/C13H18/c1-3-5-7-9-11-13-12-10-8-6-4-2/h1,4H,2,5-11H2. The highest BCUT2D eigenvalue weighted by Gasteiger charge is 1.82. The molecule has 0 unspecified atom stereocenters. The van der Waals surface area contributed by atoms with Gasteiger partial charge < -0.3 is 0 Å². The van der Waals surface area contributed by atoms with Crippen LogP contribution in [0.25, 0.3) is 0 Å². The zero-order chi connectivity index (χ0) is 9.78. The number of unbranched alkanes of at least 4 members (excludes halogenated alkanes) is 5. The topological polar surface area (TPSA) is 0 Å². The van der Waals surface area contributed by atoms with Gasteiger partial charge in [-0.1, -0.05) is 6.08 Å². The molecule has 0 aromatic carbocycles. The third-order valence-corrected chi connectivity index (χ3v) is 1.71. The van der Waals surface area contributed by atoms with Crippen molar-refractivity contribution in [2.75, 3.05) is 0 Å². The number of terminal acetylenes is 1. The first-order valence-electron chi connectivity index (χ1n) is 4.92. The van der Waals surface area contributed by atoms with Crippen LogP contribution in [0, 0.1) is 24.2 Å². The molecule has 70 valence electrons. The molecule has 0 radical (unpaired) electrons. The summed E-state index contributed by atoms with van der Waals surface area (Å²) >= 11 is 0. The monoisotopic (exact) mass is 174 g/mol. The van der Waals surface area contributed by atoms with Crippen molar-refractivity contribution in [3.63, 3.8) is 0 Å². The lowest BCUT2D eigenvalue weighted by Crippen LogP contribution is -1.73. The molecule has 0 aliphatic rings. The summed E-state index contributed by atoms with van der Waals surface area (Å²) in [5, 5.41) is 0. The zero-order valence-electron chi connectivity index (χ0n) is 8.31. The van der Waals surface area contributed by atoms with Gasteiger partial charge in [0.05, 0.1) is 0 Å². The lowest BCUT2D eigenvalue weighted by Gasteiger charge is -1.88. The first-order valence-corrected chi connectivity index (χ1v) is 4.92. The Labute approximate surface area is 82.4 Å². The summed E-state index contributed by atoms with van der Waals surface area (Å²) < 4.78 is 0. The second kappa shape index (κ2) is 10.9. The van der Waals surface area contributed by atoms with Crippen LogP contribution in [0.3, 0.4) is 0 Å². The molecule has 0 saturated heterocycles. The van der Waals surface area contributed by atoms with E-state index in [4.69, 9.17) is 6.42 Å². The van der Waals surface area contributed by atoms with Crippen molar-refractivity contribution in [2.45, 2.75) is 44.9 Å². The van der Waals surface area contributed by atoms with Crippen LogP contribution >= 0.6 is 0 Å². The zero-order valence-corrected chi connectivity index (χ0v) is 8.31. The van der Waals surface area contributed by atoms with E-state index in [0.717, 1.165) is 44.9 Å². The molecule has 0 heteroatoms. The van der Waals surface area contributed by atoms with Gasteiger partial charge in [0, 0.05) is 19.3 Å². The van der Waals surface area contributed by atoms with E-state index in [1.807, 2.05) is 6.08 Å². The summed E-state index contributed by atoms with van der Waals surface area (Å²) in [6.07, 6.45) is 14.4. The molecular weight excluding hydrogens is 156 g/mol. The molecule has 0 saturated carbocycles. The van der Waals surface area contributed by atoms with Crippen molar-refractivity contribution in [1.29, 1.82) is 0 Å². The largest absolute Gasteiger partial charge is 0.120 e. The maximum Gasteiger partial charge on any atom is 0.00916 e. The smallest absolute Gasteiger partial charge is 0.00916 e. The van der Waals surface area contributed by atoms with E-state index in [1.54, 1.807) is 0 Å². The fourth-order valence-electron chi connectivity index (χ4n) is 0.952. The minimum Gasteiger partial charge on any atom is -0.120 e. The second-order valence-electron chi connectivity index (χ2n) is 2.95. The Hall–Kier alpha value is -1.14. The van der Waals surface area contributed by atoms with Gasteiger partial charge in [-0.25, -0.2) is 0 Å². The van der Waals surface area contributed by atoms with E-state index in [0.29, 0.717) is 0 Å². The molecule has 0 bridgehead atoms. The molecule has 0 amide bonds. The van der Waals surface area contributed by atoms with Gasteiger partial charge >= 0.3 is 0 Å². The van der Waals surface area contributed by atoms with Gasteiger partial charge in [-0.15, -0.1) is 30.8 Å². The highest BCUT2D eigenvalue weighted by Crippen LogP contribution is 1.98. The average Bonchev–Trinajstić information content (AvgIpc) is 2.16. The summed E-state index contributed by atoms with van der Waals surface area (Å²) in [4.78, 5) is 0. The first kappa shape index (κ1) is 11.9. The highest BCUT2D eigenvalue weighted by atomic mass is 13.9. The van der Waals surface area contributed by atoms with Crippen LogP contribution in [0.1, 0.15) is 44.9 Å². The summed E-state index contributed by atoms with van der Waals surface area (Å²) in [6, 6.07) is 0. The van der Waals surface area contributed by atoms with Crippen molar-refractivity contribution >= 4 is 0 Å². The first-order chi connectivity index (χ1) is 6.41. The van der Waals surface area contributed by atoms with Crippen LogP contribution in [-0.4, -0.2) is 0 Å². The van der Waals surface area contributed by atoms with Gasteiger partial charge in [-0.05, 0) is 25.7 Å². The third kappa shape index (κ3) is 10.9. The molecule has 0 heterocycles. The van der Waals surface area contributed by atoms with Crippen LogP contribution < -0.4 is 0 Å². The molecule has 0 aromatic rings. The van der Waals surface area contributed by atoms with Gasteiger partial charge in [-0.3, -0.25) is 0 Å². The number of rotatable bonds is 6. The summed E-state index contributed by atoms with van der Waals surface area (Å²) in [5.41, 5.74) is 0. The van der Waals surface area contributed by atoms with Crippen molar-refractivity contribution < 1.29 is 0 Å². The number of allylic oxidation sites excluding steroid dienone is 1. The Bertz CT molecular complexity index is 206. The summed E-state index contributed by atoms with van der Waals surface area (Å²) in [6.45, 7) is 3.66. The Balaban J connectivity index is 3.11. The third-order valence-electron chi connectivity index (χ3n) is 1.71.